The normalized spacial score (nSPS) is 15.1. The van der Waals surface area contributed by atoms with Crippen LogP contribution in [0.2, 0.25) is 0 Å². The molecule has 1 atom stereocenters. The third-order valence-electron chi connectivity index (χ3n) is 6.65. The number of hydrogen-bond donors (Lipinski definition) is 1. The van der Waals surface area contributed by atoms with Crippen LogP contribution in [0.15, 0.2) is 102 Å². The summed E-state index contributed by atoms with van der Waals surface area (Å²) in [4.78, 5) is 0. The van der Waals surface area contributed by atoms with Gasteiger partial charge < -0.3 is 0 Å². The summed E-state index contributed by atoms with van der Waals surface area (Å²) in [6.45, 7) is 6.42. The van der Waals surface area contributed by atoms with Crippen molar-refractivity contribution in [1.82, 2.24) is 0 Å². The van der Waals surface area contributed by atoms with Crippen molar-refractivity contribution in [3.8, 4) is 0 Å². The summed E-state index contributed by atoms with van der Waals surface area (Å²) in [5, 5.41) is 5.02. The fraction of sp³-hybridized carbons (Fsp3) is 0.156. The van der Waals surface area contributed by atoms with Gasteiger partial charge in [0.1, 0.15) is 0 Å². The number of hydrogen-bond acceptors (Lipinski definition) is 2. The number of nitrogens with one attached hydrogen (secondary N) is 1. The average molecular weight is 443 g/mol. The molecule has 1 aliphatic carbocycles. The molecule has 0 aromatic heterocycles. The Morgan fingerprint density at radius 3 is 2.09 bits per heavy atom. The highest BCUT2D eigenvalue weighted by molar-refractivity contribution is 6.04. The largest absolute Gasteiger partial charge is 0.278 e. The number of rotatable bonds is 6. The quantitative estimate of drug-likeness (QED) is 0.236. The molecule has 2 nitrogen and oxygen atoms in total. The van der Waals surface area contributed by atoms with Crippen LogP contribution in [-0.4, -0.2) is 5.71 Å². The lowest BCUT2D eigenvalue weighted by Gasteiger charge is -2.20. The number of nitrogens with zero attached hydrogens (tertiary/aromatic N) is 1. The Bertz CT molecular complexity index is 1340. The lowest BCUT2D eigenvalue weighted by molar-refractivity contribution is 0.923. The number of fused-ring (bicyclic) bond motifs is 1. The maximum Gasteiger partial charge on any atom is 0.0688 e. The number of benzene rings is 4. The minimum atomic E-state index is 0.250. The standard InChI is InChI=1S/C32H30N2/c1-22-18-23(2)32(24(3)19-22)34-33-31(26-14-8-5-9-15-26)21-30-28-17-11-10-16-27(28)20-29(30)25-12-6-4-7-13-25/h4-20,30,34H,21H2,1-3H3. The van der Waals surface area contributed by atoms with Crippen LogP contribution in [0, 0.1) is 20.8 Å². The van der Waals surface area contributed by atoms with Gasteiger partial charge in [-0.15, -0.1) is 0 Å². The highest BCUT2D eigenvalue weighted by atomic mass is 15.3. The molecule has 0 bridgehead atoms. The molecule has 0 amide bonds. The smallest absolute Gasteiger partial charge is 0.0688 e. The third kappa shape index (κ3) is 4.45. The zero-order chi connectivity index (χ0) is 23.5. The van der Waals surface area contributed by atoms with Gasteiger partial charge in [-0.3, -0.25) is 5.43 Å². The molecule has 2 heteroatoms. The first-order chi connectivity index (χ1) is 16.6. The molecule has 0 saturated carbocycles. The topological polar surface area (TPSA) is 24.4 Å². The SMILES string of the molecule is Cc1cc(C)c(NN=C(CC2C(c3ccccc3)=Cc3ccccc32)c2ccccc2)c(C)c1. The second-order valence-corrected chi connectivity index (χ2v) is 9.16. The maximum absolute atomic E-state index is 5.02. The van der Waals surface area contributed by atoms with Gasteiger partial charge in [0, 0.05) is 12.3 Å². The fourth-order valence-electron chi connectivity index (χ4n) is 5.06. The Labute approximate surface area is 202 Å². The maximum atomic E-state index is 5.02. The van der Waals surface area contributed by atoms with Crippen molar-refractivity contribution in [3.63, 3.8) is 0 Å². The average Bonchev–Trinajstić information content (AvgIpc) is 3.22. The van der Waals surface area contributed by atoms with E-state index in [9.17, 15) is 0 Å². The van der Waals surface area contributed by atoms with Crippen LogP contribution in [0.3, 0.4) is 0 Å². The Morgan fingerprint density at radius 1 is 0.765 bits per heavy atom. The fourth-order valence-corrected chi connectivity index (χ4v) is 5.06. The highest BCUT2D eigenvalue weighted by Crippen LogP contribution is 2.44. The van der Waals surface area contributed by atoms with Crippen LogP contribution in [-0.2, 0) is 0 Å². The van der Waals surface area contributed by atoms with Crippen LogP contribution in [0.25, 0.3) is 11.6 Å². The Kier molecular flexibility index (Phi) is 6.14. The predicted octanol–water partition coefficient (Wildman–Crippen LogP) is 8.16. The second-order valence-electron chi connectivity index (χ2n) is 9.16. The van der Waals surface area contributed by atoms with E-state index < -0.39 is 0 Å². The van der Waals surface area contributed by atoms with Gasteiger partial charge in [-0.25, -0.2) is 0 Å². The molecular formula is C32H30N2. The number of hydrazone groups is 1. The molecule has 0 spiro atoms. The van der Waals surface area contributed by atoms with E-state index in [-0.39, 0.29) is 5.92 Å². The summed E-state index contributed by atoms with van der Waals surface area (Å²) < 4.78 is 0. The summed E-state index contributed by atoms with van der Waals surface area (Å²) in [7, 11) is 0. The molecule has 0 heterocycles. The minimum Gasteiger partial charge on any atom is -0.278 e. The lowest BCUT2D eigenvalue weighted by atomic mass is 9.85. The van der Waals surface area contributed by atoms with Crippen LogP contribution in [0.1, 0.15) is 51.3 Å². The first kappa shape index (κ1) is 21.9. The Morgan fingerprint density at radius 2 is 1.38 bits per heavy atom. The van der Waals surface area contributed by atoms with Crippen molar-refractivity contribution in [3.05, 3.63) is 136 Å². The van der Waals surface area contributed by atoms with Crippen LogP contribution >= 0.6 is 0 Å². The highest BCUT2D eigenvalue weighted by Gasteiger charge is 2.27. The first-order valence-electron chi connectivity index (χ1n) is 11.9. The molecule has 1 unspecified atom stereocenters. The zero-order valence-electron chi connectivity index (χ0n) is 20.0. The van der Waals surface area contributed by atoms with Gasteiger partial charge in [-0.05, 0) is 59.7 Å². The molecule has 0 saturated heterocycles. The number of allylic oxidation sites excluding steroid dienone is 1. The van der Waals surface area contributed by atoms with Gasteiger partial charge in [0.15, 0.2) is 0 Å². The molecule has 0 radical (unpaired) electrons. The van der Waals surface area contributed by atoms with Gasteiger partial charge in [0.05, 0.1) is 11.4 Å². The monoisotopic (exact) mass is 442 g/mol. The summed E-state index contributed by atoms with van der Waals surface area (Å²) in [5.74, 6) is 0.250. The van der Waals surface area contributed by atoms with E-state index in [1.807, 2.05) is 0 Å². The van der Waals surface area contributed by atoms with Crippen molar-refractivity contribution in [1.29, 1.82) is 0 Å². The molecule has 1 aliphatic rings. The molecule has 34 heavy (non-hydrogen) atoms. The molecular weight excluding hydrogens is 412 g/mol. The number of aryl methyl sites for hydroxylation is 3. The van der Waals surface area contributed by atoms with Crippen molar-refractivity contribution in [2.45, 2.75) is 33.1 Å². The van der Waals surface area contributed by atoms with Gasteiger partial charge in [0.2, 0.25) is 0 Å². The minimum absolute atomic E-state index is 0.250. The molecule has 168 valence electrons. The molecule has 0 fully saturated rings. The molecule has 5 rings (SSSR count). The van der Waals surface area contributed by atoms with E-state index in [4.69, 9.17) is 5.10 Å². The molecule has 4 aromatic rings. The van der Waals surface area contributed by atoms with Gasteiger partial charge in [0.25, 0.3) is 0 Å². The lowest BCUT2D eigenvalue weighted by Crippen LogP contribution is -2.11. The first-order valence-corrected chi connectivity index (χ1v) is 11.9. The summed E-state index contributed by atoms with van der Waals surface area (Å²) in [5.41, 5.74) is 15.7. The zero-order valence-corrected chi connectivity index (χ0v) is 20.0. The van der Waals surface area contributed by atoms with Crippen LogP contribution in [0.4, 0.5) is 5.69 Å². The predicted molar refractivity (Wildman–Crippen MR) is 145 cm³/mol. The summed E-state index contributed by atoms with van der Waals surface area (Å²) >= 11 is 0. The van der Waals surface area contributed by atoms with Crippen molar-refractivity contribution in [2.75, 3.05) is 5.43 Å². The van der Waals surface area contributed by atoms with Crippen molar-refractivity contribution >= 4 is 23.0 Å². The summed E-state index contributed by atoms with van der Waals surface area (Å²) in [6, 6.07) is 34.4. The Hall–Kier alpha value is -3.91. The molecule has 4 aromatic carbocycles. The van der Waals surface area contributed by atoms with Crippen LogP contribution < -0.4 is 5.43 Å². The van der Waals surface area contributed by atoms with E-state index in [0.717, 1.165) is 23.4 Å². The third-order valence-corrected chi connectivity index (χ3v) is 6.65. The van der Waals surface area contributed by atoms with Gasteiger partial charge in [-0.2, -0.15) is 5.10 Å². The van der Waals surface area contributed by atoms with Gasteiger partial charge in [-0.1, -0.05) is 109 Å². The Balaban J connectivity index is 1.55. The van der Waals surface area contributed by atoms with Crippen molar-refractivity contribution < 1.29 is 0 Å². The van der Waals surface area contributed by atoms with E-state index in [1.165, 1.54) is 39.0 Å². The van der Waals surface area contributed by atoms with E-state index in [2.05, 4.69) is 129 Å². The van der Waals surface area contributed by atoms with E-state index in [0.29, 0.717) is 0 Å². The molecule has 1 N–H and O–H groups in total. The van der Waals surface area contributed by atoms with Crippen molar-refractivity contribution in [2.24, 2.45) is 5.10 Å². The van der Waals surface area contributed by atoms with E-state index >= 15 is 0 Å². The van der Waals surface area contributed by atoms with E-state index in [1.54, 1.807) is 0 Å². The number of anilines is 1. The van der Waals surface area contributed by atoms with Gasteiger partial charge >= 0.3 is 0 Å². The summed E-state index contributed by atoms with van der Waals surface area (Å²) in [6.07, 6.45) is 3.17. The van der Waals surface area contributed by atoms with Crippen LogP contribution in [0.5, 0.6) is 0 Å². The molecule has 0 aliphatic heterocycles. The second kappa shape index (κ2) is 9.52.